The SMILES string of the molecule is CC(O)(CNC1CC1)C(F)(F)Br. The summed E-state index contributed by atoms with van der Waals surface area (Å²) >= 11 is 2.15. The van der Waals surface area contributed by atoms with Gasteiger partial charge < -0.3 is 10.4 Å². The van der Waals surface area contributed by atoms with Crippen LogP contribution >= 0.6 is 15.9 Å². The fourth-order valence-corrected chi connectivity index (χ4v) is 0.871. The van der Waals surface area contributed by atoms with E-state index in [2.05, 4.69) is 21.2 Å². The third-order valence-corrected chi connectivity index (χ3v) is 2.78. The second-order valence-electron chi connectivity index (χ2n) is 3.43. The van der Waals surface area contributed by atoms with Crippen LogP contribution in [0.2, 0.25) is 0 Å². The number of alkyl halides is 3. The van der Waals surface area contributed by atoms with Gasteiger partial charge in [0.05, 0.1) is 0 Å². The van der Waals surface area contributed by atoms with Gasteiger partial charge in [-0.2, -0.15) is 8.78 Å². The summed E-state index contributed by atoms with van der Waals surface area (Å²) in [6.07, 6.45) is 2.04. The molecule has 2 nitrogen and oxygen atoms in total. The van der Waals surface area contributed by atoms with E-state index in [4.69, 9.17) is 0 Å². The van der Waals surface area contributed by atoms with Crippen LogP contribution in [0.1, 0.15) is 19.8 Å². The smallest absolute Gasteiger partial charge is 0.330 e. The summed E-state index contributed by atoms with van der Waals surface area (Å²) < 4.78 is 25.2. The van der Waals surface area contributed by atoms with Gasteiger partial charge in [0.2, 0.25) is 0 Å². The largest absolute Gasteiger partial charge is 0.382 e. The topological polar surface area (TPSA) is 32.3 Å². The molecule has 0 aromatic carbocycles. The van der Waals surface area contributed by atoms with Crippen LogP contribution in [0.15, 0.2) is 0 Å². The highest BCUT2D eigenvalue weighted by Gasteiger charge is 2.47. The summed E-state index contributed by atoms with van der Waals surface area (Å²) in [5, 5.41) is 12.1. The number of hydrogen-bond acceptors (Lipinski definition) is 2. The van der Waals surface area contributed by atoms with Crippen LogP contribution in [0.4, 0.5) is 8.78 Å². The molecule has 0 bridgehead atoms. The first-order valence-electron chi connectivity index (χ1n) is 3.85. The first-order chi connectivity index (χ1) is 5.33. The van der Waals surface area contributed by atoms with Crippen molar-refractivity contribution in [2.45, 2.75) is 36.2 Å². The van der Waals surface area contributed by atoms with Crippen LogP contribution in [-0.4, -0.2) is 28.1 Å². The Morgan fingerprint density at radius 2 is 2.08 bits per heavy atom. The zero-order valence-electron chi connectivity index (χ0n) is 6.78. The van der Waals surface area contributed by atoms with Crippen LogP contribution in [0.3, 0.4) is 0 Å². The van der Waals surface area contributed by atoms with E-state index in [1.165, 1.54) is 0 Å². The summed E-state index contributed by atoms with van der Waals surface area (Å²) in [5.74, 6) is 0. The highest BCUT2D eigenvalue weighted by atomic mass is 79.9. The molecule has 0 aromatic rings. The molecule has 0 saturated heterocycles. The maximum Gasteiger partial charge on any atom is 0.330 e. The Morgan fingerprint density at radius 3 is 2.42 bits per heavy atom. The molecular formula is C7H12BrF2NO. The molecule has 1 rings (SSSR count). The molecule has 0 heterocycles. The number of rotatable bonds is 4. The van der Waals surface area contributed by atoms with Crippen molar-refractivity contribution in [2.75, 3.05) is 6.54 Å². The molecule has 1 fully saturated rings. The Kier molecular flexibility index (Phi) is 2.75. The molecule has 0 spiro atoms. The van der Waals surface area contributed by atoms with Crippen molar-refractivity contribution in [1.82, 2.24) is 5.32 Å². The molecule has 12 heavy (non-hydrogen) atoms. The lowest BCUT2D eigenvalue weighted by molar-refractivity contribution is -0.101. The molecule has 0 amide bonds. The lowest BCUT2D eigenvalue weighted by Gasteiger charge is -2.28. The number of halogens is 3. The maximum absolute atomic E-state index is 12.6. The minimum atomic E-state index is -3.23. The van der Waals surface area contributed by atoms with E-state index in [9.17, 15) is 13.9 Å². The van der Waals surface area contributed by atoms with Crippen LogP contribution in [-0.2, 0) is 0 Å². The van der Waals surface area contributed by atoms with E-state index >= 15 is 0 Å². The van der Waals surface area contributed by atoms with Gasteiger partial charge in [-0.15, -0.1) is 0 Å². The van der Waals surface area contributed by atoms with Gasteiger partial charge in [0.25, 0.3) is 0 Å². The normalized spacial score (nSPS) is 23.8. The first kappa shape index (κ1) is 10.3. The Morgan fingerprint density at radius 1 is 1.58 bits per heavy atom. The quantitative estimate of drug-likeness (QED) is 0.734. The van der Waals surface area contributed by atoms with E-state index in [1.54, 1.807) is 0 Å². The Balaban J connectivity index is 2.35. The summed E-state index contributed by atoms with van der Waals surface area (Å²) in [7, 11) is 0. The maximum atomic E-state index is 12.6. The molecule has 0 aromatic heterocycles. The van der Waals surface area contributed by atoms with Crippen LogP contribution in [0.25, 0.3) is 0 Å². The molecule has 1 aliphatic carbocycles. The minimum absolute atomic E-state index is 0.0874. The molecule has 0 radical (unpaired) electrons. The number of aliphatic hydroxyl groups is 1. The number of nitrogens with one attached hydrogen (secondary N) is 1. The fourth-order valence-electron chi connectivity index (χ4n) is 0.731. The Bertz CT molecular complexity index is 165. The summed E-state index contributed by atoms with van der Waals surface area (Å²) in [6, 6.07) is 0.325. The lowest BCUT2D eigenvalue weighted by atomic mass is 10.1. The van der Waals surface area contributed by atoms with E-state index in [0.717, 1.165) is 19.8 Å². The minimum Gasteiger partial charge on any atom is -0.382 e. The van der Waals surface area contributed by atoms with Crippen molar-refractivity contribution in [3.8, 4) is 0 Å². The molecule has 1 unspecified atom stereocenters. The summed E-state index contributed by atoms with van der Waals surface area (Å²) in [6.45, 7) is 1.02. The Hall–Kier alpha value is 0.260. The molecule has 2 N–H and O–H groups in total. The average molecular weight is 244 g/mol. The standard InChI is InChI=1S/C7H12BrF2NO/c1-6(12,7(8,9)10)4-11-5-2-3-5/h5,11-12H,2-4H2,1H3. The molecule has 0 aliphatic heterocycles. The highest BCUT2D eigenvalue weighted by molar-refractivity contribution is 9.10. The summed E-state index contributed by atoms with van der Waals surface area (Å²) in [4.78, 5) is -3.23. The molecule has 1 saturated carbocycles. The van der Waals surface area contributed by atoms with Crippen molar-refractivity contribution in [2.24, 2.45) is 0 Å². The van der Waals surface area contributed by atoms with Gasteiger partial charge in [-0.05, 0) is 35.7 Å². The van der Waals surface area contributed by atoms with E-state index < -0.39 is 10.4 Å². The molecule has 5 heteroatoms. The van der Waals surface area contributed by atoms with Crippen molar-refractivity contribution in [3.63, 3.8) is 0 Å². The lowest BCUT2D eigenvalue weighted by Crippen LogP contribution is -2.49. The third-order valence-electron chi connectivity index (χ3n) is 1.92. The first-order valence-corrected chi connectivity index (χ1v) is 4.65. The van der Waals surface area contributed by atoms with Gasteiger partial charge in [0, 0.05) is 12.6 Å². The van der Waals surface area contributed by atoms with Crippen molar-refractivity contribution >= 4 is 15.9 Å². The fraction of sp³-hybridized carbons (Fsp3) is 1.00. The summed E-state index contributed by atoms with van der Waals surface area (Å²) in [5.41, 5.74) is -2.02. The predicted octanol–water partition coefficient (Wildman–Crippen LogP) is 1.48. The third kappa shape index (κ3) is 2.64. The van der Waals surface area contributed by atoms with Gasteiger partial charge in [-0.1, -0.05) is 0 Å². The Labute approximate surface area is 78.5 Å². The van der Waals surface area contributed by atoms with Crippen molar-refractivity contribution in [1.29, 1.82) is 0 Å². The second kappa shape index (κ2) is 3.20. The zero-order chi connectivity index (χ0) is 9.41. The molecule has 1 atom stereocenters. The molecule has 1 aliphatic rings. The van der Waals surface area contributed by atoms with Gasteiger partial charge >= 0.3 is 4.83 Å². The van der Waals surface area contributed by atoms with Crippen molar-refractivity contribution in [3.05, 3.63) is 0 Å². The van der Waals surface area contributed by atoms with Crippen molar-refractivity contribution < 1.29 is 13.9 Å². The average Bonchev–Trinajstić information content (AvgIpc) is 2.62. The van der Waals surface area contributed by atoms with Crippen LogP contribution in [0.5, 0.6) is 0 Å². The van der Waals surface area contributed by atoms with E-state index in [0.29, 0.717) is 6.04 Å². The highest BCUT2D eigenvalue weighted by Crippen LogP contribution is 2.34. The second-order valence-corrected chi connectivity index (χ2v) is 4.42. The van der Waals surface area contributed by atoms with Gasteiger partial charge in [0.15, 0.2) is 0 Å². The van der Waals surface area contributed by atoms with E-state index in [1.807, 2.05) is 0 Å². The predicted molar refractivity (Wildman–Crippen MR) is 45.5 cm³/mol. The van der Waals surface area contributed by atoms with Crippen LogP contribution < -0.4 is 5.32 Å². The van der Waals surface area contributed by atoms with Gasteiger partial charge in [-0.3, -0.25) is 0 Å². The van der Waals surface area contributed by atoms with E-state index in [-0.39, 0.29) is 6.54 Å². The number of hydrogen-bond donors (Lipinski definition) is 2. The zero-order valence-corrected chi connectivity index (χ0v) is 8.37. The van der Waals surface area contributed by atoms with Gasteiger partial charge in [0.1, 0.15) is 5.60 Å². The molecular weight excluding hydrogens is 232 g/mol. The monoisotopic (exact) mass is 243 g/mol. The molecule has 72 valence electrons. The van der Waals surface area contributed by atoms with Gasteiger partial charge in [-0.25, -0.2) is 0 Å². The van der Waals surface area contributed by atoms with Crippen LogP contribution in [0, 0.1) is 0 Å².